The maximum Gasteiger partial charge on any atom is 0.411 e. The summed E-state index contributed by atoms with van der Waals surface area (Å²) in [7, 11) is 2.68. The van der Waals surface area contributed by atoms with E-state index in [1.165, 1.54) is 38.6 Å². The second-order valence-corrected chi connectivity index (χ2v) is 9.36. The lowest BCUT2D eigenvalue weighted by atomic mass is 9.83. The molecule has 1 aliphatic carbocycles. The number of carbonyl (C=O) groups excluding carboxylic acids is 3. The smallest absolute Gasteiger partial charge is 0.411 e. The number of aromatic nitrogens is 1. The van der Waals surface area contributed by atoms with Crippen LogP contribution in [0.15, 0.2) is 30.5 Å². The van der Waals surface area contributed by atoms with Crippen LogP contribution < -0.4 is 15.4 Å². The average Bonchev–Trinajstić information content (AvgIpc) is 3.60. The molecule has 1 aromatic carbocycles. The van der Waals surface area contributed by atoms with Gasteiger partial charge in [0.15, 0.2) is 0 Å². The van der Waals surface area contributed by atoms with Crippen molar-refractivity contribution < 1.29 is 37.0 Å². The summed E-state index contributed by atoms with van der Waals surface area (Å²) >= 11 is 6.39. The van der Waals surface area contributed by atoms with Gasteiger partial charge < -0.3 is 20.1 Å². The van der Waals surface area contributed by atoms with Crippen LogP contribution in [-0.2, 0) is 26.2 Å². The van der Waals surface area contributed by atoms with Gasteiger partial charge in [0.2, 0.25) is 5.91 Å². The highest BCUT2D eigenvalue weighted by Gasteiger charge is 2.64. The summed E-state index contributed by atoms with van der Waals surface area (Å²) in [5.74, 6) is -1.66. The Hall–Kier alpha value is -3.34. The van der Waals surface area contributed by atoms with Gasteiger partial charge in [-0.25, -0.2) is 0 Å². The molecule has 1 heterocycles. The fraction of sp³-hybridized carbons (Fsp3) is 0.417. The summed E-state index contributed by atoms with van der Waals surface area (Å²) in [4.78, 5) is 41.0. The van der Waals surface area contributed by atoms with E-state index >= 15 is 0 Å². The topological polar surface area (TPSA) is 107 Å². The summed E-state index contributed by atoms with van der Waals surface area (Å²) in [5.41, 5.74) is -2.51. The van der Waals surface area contributed by atoms with Crippen molar-refractivity contribution in [2.24, 2.45) is 0 Å². The lowest BCUT2D eigenvalue weighted by Gasteiger charge is -2.25. The van der Waals surface area contributed by atoms with Gasteiger partial charge in [0.1, 0.15) is 17.0 Å². The van der Waals surface area contributed by atoms with Gasteiger partial charge in [-0.3, -0.25) is 19.4 Å². The van der Waals surface area contributed by atoms with Gasteiger partial charge in [-0.1, -0.05) is 11.6 Å². The number of alkyl halides is 3. The molecule has 2 aromatic rings. The van der Waals surface area contributed by atoms with Gasteiger partial charge in [0, 0.05) is 22.5 Å². The van der Waals surface area contributed by atoms with E-state index in [1.807, 2.05) is 5.32 Å². The Morgan fingerprint density at radius 1 is 1.14 bits per heavy atom. The molecule has 0 aliphatic heterocycles. The molecule has 0 spiro atoms. The molecular weight excluding hydrogens is 503 g/mol. The van der Waals surface area contributed by atoms with Gasteiger partial charge in [-0.05, 0) is 56.5 Å². The van der Waals surface area contributed by atoms with Crippen LogP contribution in [0.2, 0.25) is 5.02 Å². The summed E-state index contributed by atoms with van der Waals surface area (Å²) < 4.78 is 49.6. The third-order valence-corrected chi connectivity index (χ3v) is 6.36. The van der Waals surface area contributed by atoms with Crippen molar-refractivity contribution in [1.82, 2.24) is 10.3 Å². The van der Waals surface area contributed by atoms with E-state index in [2.05, 4.69) is 10.3 Å². The summed E-state index contributed by atoms with van der Waals surface area (Å²) in [5, 5.41) is 4.78. The van der Waals surface area contributed by atoms with Crippen LogP contribution in [0, 0.1) is 0 Å². The van der Waals surface area contributed by atoms with E-state index in [4.69, 9.17) is 21.1 Å². The number of ether oxygens (including phenoxy) is 2. The Labute approximate surface area is 210 Å². The number of nitrogens with one attached hydrogen (secondary N) is 2. The zero-order valence-electron chi connectivity index (χ0n) is 20.0. The number of pyridine rings is 1. The molecule has 1 aliphatic rings. The molecule has 0 radical (unpaired) electrons. The van der Waals surface area contributed by atoms with Crippen LogP contribution in [0.1, 0.15) is 48.3 Å². The fourth-order valence-corrected chi connectivity index (χ4v) is 3.88. The molecule has 2 amide bonds. The summed E-state index contributed by atoms with van der Waals surface area (Å²) in [6, 6.07) is 5.65. The lowest BCUT2D eigenvalue weighted by Crippen LogP contribution is -2.48. The first-order valence-corrected chi connectivity index (χ1v) is 11.2. The van der Waals surface area contributed by atoms with Crippen molar-refractivity contribution in [3.8, 4) is 5.75 Å². The van der Waals surface area contributed by atoms with Crippen molar-refractivity contribution in [3.63, 3.8) is 0 Å². The highest BCUT2D eigenvalue weighted by Crippen LogP contribution is 2.49. The van der Waals surface area contributed by atoms with E-state index in [1.54, 1.807) is 19.9 Å². The highest BCUT2D eigenvalue weighted by molar-refractivity contribution is 6.31. The number of esters is 1. The summed E-state index contributed by atoms with van der Waals surface area (Å²) in [6.07, 6.45) is -3.93. The number of carbonyl (C=O) groups is 3. The van der Waals surface area contributed by atoms with Crippen molar-refractivity contribution in [2.45, 2.75) is 50.2 Å². The minimum atomic E-state index is -4.56. The normalized spacial score (nSPS) is 14.6. The molecule has 194 valence electrons. The number of amides is 2. The first kappa shape index (κ1) is 27.3. The second-order valence-electron chi connectivity index (χ2n) is 8.95. The Kier molecular flexibility index (Phi) is 7.54. The number of hydrogen-bond acceptors (Lipinski definition) is 6. The maximum atomic E-state index is 13.1. The second kappa shape index (κ2) is 9.96. The van der Waals surface area contributed by atoms with Gasteiger partial charge in [-0.15, -0.1) is 0 Å². The number of halogens is 4. The SMILES string of the molecule is COC(=O)C(C)(C)c1cc(Cl)c(CC(=O)Nc2ccnc(C(=O)NC3(C(F)(F)F)CC3)c2)cc1OC. The van der Waals surface area contributed by atoms with Crippen LogP contribution in [0.25, 0.3) is 0 Å². The molecule has 36 heavy (non-hydrogen) atoms. The largest absolute Gasteiger partial charge is 0.496 e. The Morgan fingerprint density at radius 2 is 1.81 bits per heavy atom. The predicted octanol–water partition coefficient (Wildman–Crippen LogP) is 4.20. The van der Waals surface area contributed by atoms with Crippen LogP contribution in [0.4, 0.5) is 18.9 Å². The Morgan fingerprint density at radius 3 is 2.36 bits per heavy atom. The van der Waals surface area contributed by atoms with Gasteiger partial charge in [0.25, 0.3) is 5.91 Å². The van der Waals surface area contributed by atoms with Gasteiger partial charge in [0.05, 0.1) is 26.1 Å². The fourth-order valence-electron chi connectivity index (χ4n) is 3.65. The third kappa shape index (κ3) is 5.56. The summed E-state index contributed by atoms with van der Waals surface area (Å²) in [6.45, 7) is 3.30. The molecule has 0 unspecified atom stereocenters. The Balaban J connectivity index is 1.74. The molecule has 0 saturated heterocycles. The molecule has 0 atom stereocenters. The van der Waals surface area contributed by atoms with Gasteiger partial charge in [-0.2, -0.15) is 13.2 Å². The van der Waals surface area contributed by atoms with E-state index in [0.717, 1.165) is 0 Å². The number of rotatable bonds is 8. The van der Waals surface area contributed by atoms with E-state index in [0.29, 0.717) is 16.9 Å². The lowest BCUT2D eigenvalue weighted by molar-refractivity contribution is -0.163. The minimum absolute atomic E-state index is 0.170. The first-order chi connectivity index (χ1) is 16.7. The third-order valence-electron chi connectivity index (χ3n) is 6.01. The number of methoxy groups -OCH3 is 2. The van der Waals surface area contributed by atoms with E-state index < -0.39 is 34.9 Å². The van der Waals surface area contributed by atoms with E-state index in [-0.39, 0.29) is 35.7 Å². The van der Waals surface area contributed by atoms with Crippen molar-refractivity contribution in [1.29, 1.82) is 0 Å². The maximum absolute atomic E-state index is 13.1. The van der Waals surface area contributed by atoms with Crippen LogP contribution in [0.3, 0.4) is 0 Å². The average molecular weight is 528 g/mol. The van der Waals surface area contributed by atoms with Crippen LogP contribution in [0.5, 0.6) is 5.75 Å². The standard InChI is InChI=1S/C24H25ClF3N3O5/c1-22(2,21(34)36-4)15-12-16(25)13(9-18(15)35-3)10-19(32)30-14-5-8-29-17(11-14)20(33)31-23(6-7-23)24(26,27)28/h5,8-9,11-12H,6-7,10H2,1-4H3,(H,31,33)(H,29,30,32). The van der Waals surface area contributed by atoms with Gasteiger partial charge >= 0.3 is 12.1 Å². The number of anilines is 1. The molecule has 3 rings (SSSR count). The predicted molar refractivity (Wildman–Crippen MR) is 125 cm³/mol. The van der Waals surface area contributed by atoms with Crippen molar-refractivity contribution in [3.05, 3.63) is 52.3 Å². The van der Waals surface area contributed by atoms with Crippen molar-refractivity contribution in [2.75, 3.05) is 19.5 Å². The zero-order valence-corrected chi connectivity index (χ0v) is 20.8. The highest BCUT2D eigenvalue weighted by atomic mass is 35.5. The van der Waals surface area contributed by atoms with Crippen LogP contribution in [-0.4, -0.2) is 48.7 Å². The number of nitrogens with zero attached hydrogens (tertiary/aromatic N) is 1. The molecule has 8 nitrogen and oxygen atoms in total. The first-order valence-electron chi connectivity index (χ1n) is 10.8. The van der Waals surface area contributed by atoms with Crippen LogP contribution >= 0.6 is 11.6 Å². The zero-order chi connectivity index (χ0) is 26.9. The van der Waals surface area contributed by atoms with Crippen molar-refractivity contribution >= 4 is 35.1 Å². The number of benzene rings is 1. The molecular formula is C24H25ClF3N3O5. The molecule has 1 fully saturated rings. The number of hydrogen-bond donors (Lipinski definition) is 2. The molecule has 1 saturated carbocycles. The van der Waals surface area contributed by atoms with E-state index in [9.17, 15) is 27.6 Å². The quantitative estimate of drug-likeness (QED) is 0.498. The molecule has 2 N–H and O–H groups in total. The molecule has 0 bridgehead atoms. The Bertz CT molecular complexity index is 1200. The monoisotopic (exact) mass is 527 g/mol. The molecule has 12 heteroatoms. The minimum Gasteiger partial charge on any atom is -0.496 e. The molecule has 1 aromatic heterocycles.